The van der Waals surface area contributed by atoms with E-state index in [0.29, 0.717) is 49.4 Å². The fourth-order valence-electron chi connectivity index (χ4n) is 7.95. The molecule has 5 rings (SSSR count). The van der Waals surface area contributed by atoms with E-state index in [0.717, 1.165) is 6.42 Å². The van der Waals surface area contributed by atoms with Gasteiger partial charge in [-0.15, -0.1) is 13.2 Å². The van der Waals surface area contributed by atoms with Gasteiger partial charge in [0.25, 0.3) is 5.91 Å². The number of carbonyl (C=O) groups is 3. The second-order valence-electron chi connectivity index (χ2n) is 12.2. The topological polar surface area (TPSA) is 99.6 Å². The molecule has 2 unspecified atom stereocenters. The number of amides is 3. The van der Waals surface area contributed by atoms with Gasteiger partial charge in [-0.1, -0.05) is 56.3 Å². The van der Waals surface area contributed by atoms with Crippen LogP contribution in [0.4, 0.5) is 5.69 Å². The Hall–Kier alpha value is -3.95. The second kappa shape index (κ2) is 13.2. The molecule has 9 nitrogen and oxygen atoms in total. The summed E-state index contributed by atoms with van der Waals surface area (Å²) in [6.07, 6.45) is 5.62. The summed E-state index contributed by atoms with van der Waals surface area (Å²) >= 11 is 0. The fraction of sp³-hybridized carbons (Fsp3) is 0.472. The number of carbonyl (C=O) groups excluding carboxylic acids is 3. The molecule has 3 heterocycles. The number of hydrogen-bond donors (Lipinski definition) is 1. The number of ether oxygens (including phenoxy) is 2. The van der Waals surface area contributed by atoms with Gasteiger partial charge in [0.15, 0.2) is 0 Å². The molecule has 1 N–H and O–H groups in total. The number of rotatable bonds is 14. The van der Waals surface area contributed by atoms with Crippen LogP contribution in [0.25, 0.3) is 0 Å². The van der Waals surface area contributed by atoms with Crippen molar-refractivity contribution in [2.75, 3.05) is 38.3 Å². The summed E-state index contributed by atoms with van der Waals surface area (Å²) in [6, 6.07) is 14.5. The van der Waals surface area contributed by atoms with Crippen molar-refractivity contribution in [1.29, 1.82) is 0 Å². The monoisotopic (exact) mass is 615 g/mol. The van der Waals surface area contributed by atoms with Crippen LogP contribution in [0.15, 0.2) is 79.9 Å². The van der Waals surface area contributed by atoms with E-state index in [-0.39, 0.29) is 24.3 Å². The van der Waals surface area contributed by atoms with E-state index in [1.165, 1.54) is 4.90 Å². The smallest absolute Gasteiger partial charge is 0.253 e. The minimum absolute atomic E-state index is 0.148. The molecule has 2 bridgehead atoms. The molecule has 45 heavy (non-hydrogen) atoms. The average molecular weight is 616 g/mol. The molecule has 240 valence electrons. The molecule has 3 saturated heterocycles. The van der Waals surface area contributed by atoms with E-state index < -0.39 is 41.7 Å². The maximum Gasteiger partial charge on any atom is 0.253 e. The first kappa shape index (κ1) is 32.4. The van der Waals surface area contributed by atoms with Crippen LogP contribution in [0.2, 0.25) is 0 Å². The predicted molar refractivity (Wildman–Crippen MR) is 173 cm³/mol. The number of aliphatic hydroxyl groups excluding tert-OH is 1. The first-order valence-electron chi connectivity index (χ1n) is 15.9. The van der Waals surface area contributed by atoms with Crippen molar-refractivity contribution >= 4 is 23.4 Å². The van der Waals surface area contributed by atoms with Crippen LogP contribution in [0.3, 0.4) is 0 Å². The third-order valence-corrected chi connectivity index (χ3v) is 9.93. The van der Waals surface area contributed by atoms with Crippen LogP contribution in [0, 0.1) is 11.8 Å². The Morgan fingerprint density at radius 1 is 1.07 bits per heavy atom. The Morgan fingerprint density at radius 3 is 2.33 bits per heavy atom. The van der Waals surface area contributed by atoms with Crippen molar-refractivity contribution in [2.24, 2.45) is 11.8 Å². The van der Waals surface area contributed by atoms with Gasteiger partial charge in [0.1, 0.15) is 17.4 Å². The normalized spacial score (nSPS) is 27.2. The number of methoxy groups -OCH3 is 1. The van der Waals surface area contributed by atoms with Gasteiger partial charge in [0.05, 0.1) is 37.2 Å². The lowest BCUT2D eigenvalue weighted by atomic mass is 9.64. The maximum atomic E-state index is 15.0. The third-order valence-electron chi connectivity index (χ3n) is 9.93. The largest absolute Gasteiger partial charge is 0.497 e. The molecule has 3 amide bonds. The summed E-state index contributed by atoms with van der Waals surface area (Å²) in [5, 5.41) is 10.8. The number of nitrogens with zero attached hydrogens (tertiary/aromatic N) is 3. The quantitative estimate of drug-likeness (QED) is 0.314. The first-order valence-corrected chi connectivity index (χ1v) is 15.9. The van der Waals surface area contributed by atoms with Crippen LogP contribution in [-0.2, 0) is 19.1 Å². The lowest BCUT2D eigenvalue weighted by molar-refractivity contribution is -0.153. The van der Waals surface area contributed by atoms with Gasteiger partial charge in [-0.3, -0.25) is 14.4 Å². The van der Waals surface area contributed by atoms with E-state index in [1.807, 2.05) is 44.2 Å². The maximum absolute atomic E-state index is 15.0. The Morgan fingerprint density at radius 2 is 1.76 bits per heavy atom. The Balaban J connectivity index is 1.67. The molecule has 0 aromatic heterocycles. The highest BCUT2D eigenvalue weighted by Crippen LogP contribution is 2.65. The summed E-state index contributed by atoms with van der Waals surface area (Å²) in [4.78, 5) is 49.2. The van der Waals surface area contributed by atoms with E-state index >= 15 is 4.79 Å². The van der Waals surface area contributed by atoms with Crippen LogP contribution < -0.4 is 9.64 Å². The molecule has 1 spiro atoms. The minimum Gasteiger partial charge on any atom is -0.497 e. The number of fused-ring (bicyclic) bond motifs is 1. The fourth-order valence-corrected chi connectivity index (χ4v) is 7.95. The van der Waals surface area contributed by atoms with E-state index in [4.69, 9.17) is 9.47 Å². The molecular formula is C36H45N3O6. The number of likely N-dealkylation sites (tertiary alicyclic amines) is 1. The number of hydrogen-bond acceptors (Lipinski definition) is 6. The second-order valence-corrected chi connectivity index (χ2v) is 12.2. The number of aliphatic hydroxyl groups is 1. The van der Waals surface area contributed by atoms with Gasteiger partial charge in [-0.2, -0.15) is 0 Å². The zero-order valence-electron chi connectivity index (χ0n) is 26.6. The molecule has 3 aliphatic rings. The number of anilines is 1. The minimum atomic E-state index is -1.25. The van der Waals surface area contributed by atoms with Crippen molar-refractivity contribution in [3.05, 3.63) is 85.5 Å². The van der Waals surface area contributed by atoms with Gasteiger partial charge in [-0.25, -0.2) is 0 Å². The summed E-state index contributed by atoms with van der Waals surface area (Å²) < 4.78 is 12.4. The molecule has 2 aromatic rings. The predicted octanol–water partition coefficient (Wildman–Crippen LogP) is 4.53. The molecule has 2 aromatic carbocycles. The van der Waals surface area contributed by atoms with E-state index in [9.17, 15) is 14.7 Å². The highest BCUT2D eigenvalue weighted by molar-refractivity contribution is 6.05. The molecule has 0 aliphatic carbocycles. The van der Waals surface area contributed by atoms with E-state index in [2.05, 4.69) is 13.2 Å². The van der Waals surface area contributed by atoms with Crippen molar-refractivity contribution in [2.45, 2.75) is 62.8 Å². The molecule has 3 fully saturated rings. The van der Waals surface area contributed by atoms with Crippen molar-refractivity contribution < 1.29 is 29.0 Å². The Bertz CT molecular complexity index is 1410. The zero-order chi connectivity index (χ0) is 32.4. The van der Waals surface area contributed by atoms with Crippen LogP contribution in [-0.4, -0.2) is 83.2 Å². The number of benzene rings is 2. The van der Waals surface area contributed by atoms with Gasteiger partial charge < -0.3 is 29.3 Å². The average Bonchev–Trinajstić information content (AvgIpc) is 3.67. The third kappa shape index (κ3) is 5.25. The van der Waals surface area contributed by atoms with Crippen LogP contribution in [0.1, 0.15) is 51.1 Å². The lowest BCUT2D eigenvalue weighted by Crippen LogP contribution is -2.57. The first-order chi connectivity index (χ1) is 21.8. The molecule has 0 saturated carbocycles. The van der Waals surface area contributed by atoms with Crippen molar-refractivity contribution in [3.8, 4) is 5.75 Å². The van der Waals surface area contributed by atoms with Gasteiger partial charge in [-0.05, 0) is 55.5 Å². The molecule has 6 atom stereocenters. The molecule has 9 heteroatoms. The standard InChI is InChI=1S/C36H45N3O6/c1-6-21-37(22-7-2)32(41)29-30-33(42)39(28(24-40)25-13-11-10-12-14-25)31(36(30)20-19-35(29,9-4)45-36)34(43)38(23-8-3)26-15-17-27(44-5)18-16-26/h6,8,10-18,28-31,40H,1,3,7,9,19-24H2,2,4-5H3/t28-,29-,30+,31?,35+,36?/m1/s1. The molecular weight excluding hydrogens is 570 g/mol. The summed E-state index contributed by atoms with van der Waals surface area (Å²) in [6.45, 7) is 12.4. The van der Waals surface area contributed by atoms with E-state index in [1.54, 1.807) is 53.3 Å². The van der Waals surface area contributed by atoms with Crippen molar-refractivity contribution in [1.82, 2.24) is 9.80 Å². The van der Waals surface area contributed by atoms with Gasteiger partial charge in [0, 0.05) is 25.3 Å². The van der Waals surface area contributed by atoms with Gasteiger partial charge >= 0.3 is 0 Å². The van der Waals surface area contributed by atoms with Crippen LogP contribution >= 0.6 is 0 Å². The molecule has 0 radical (unpaired) electrons. The van der Waals surface area contributed by atoms with Gasteiger partial charge in [0.2, 0.25) is 11.8 Å². The Labute approximate surface area is 266 Å². The van der Waals surface area contributed by atoms with Crippen LogP contribution in [0.5, 0.6) is 5.75 Å². The zero-order valence-corrected chi connectivity index (χ0v) is 26.6. The lowest BCUT2D eigenvalue weighted by Gasteiger charge is -2.39. The summed E-state index contributed by atoms with van der Waals surface area (Å²) in [7, 11) is 1.58. The SMILES string of the molecule is C=CCN(CCC)C(=O)[C@H]1[C@H]2C(=O)N([C@H](CO)c3ccccc3)C(C(=O)N(CC=C)c3ccc(OC)cc3)C23CC[C@]1(CC)O3. The molecule has 3 aliphatic heterocycles. The highest BCUT2D eigenvalue weighted by atomic mass is 16.5. The highest BCUT2D eigenvalue weighted by Gasteiger charge is 2.79. The van der Waals surface area contributed by atoms with Crippen molar-refractivity contribution in [3.63, 3.8) is 0 Å². The Kier molecular flexibility index (Phi) is 9.51. The summed E-state index contributed by atoms with van der Waals surface area (Å²) in [5.41, 5.74) is -0.812. The summed E-state index contributed by atoms with van der Waals surface area (Å²) in [5.74, 6) is -1.83.